The van der Waals surface area contributed by atoms with Gasteiger partial charge in [0.15, 0.2) is 0 Å². The Kier molecular flexibility index (Phi) is 5.47. The summed E-state index contributed by atoms with van der Waals surface area (Å²) in [6, 6.07) is 22.2. The van der Waals surface area contributed by atoms with Gasteiger partial charge in [-0.1, -0.05) is 42.5 Å². The highest BCUT2D eigenvalue weighted by molar-refractivity contribution is 5.76. The monoisotopic (exact) mass is 375 g/mol. The smallest absolute Gasteiger partial charge is 0.223 e. The van der Waals surface area contributed by atoms with E-state index in [1.165, 1.54) is 5.56 Å². The Bertz CT molecular complexity index is 915. The Morgan fingerprint density at radius 2 is 1.86 bits per heavy atom. The van der Waals surface area contributed by atoms with E-state index in [1.807, 2.05) is 59.5 Å². The predicted octanol–water partition coefficient (Wildman–Crippen LogP) is 4.90. The molecule has 2 aromatic carbocycles. The number of nitrogens with zero attached hydrogens (tertiary/aromatic N) is 1. The van der Waals surface area contributed by atoms with E-state index in [4.69, 9.17) is 9.15 Å². The standard InChI is InChI=1S/C24H25NO3/c1-27-21-9-7-18(8-10-21)20-15-16-25(17-20)24(26)14-12-22-11-13-23(28-22)19-5-3-2-4-6-19/h2-11,13,20H,12,14-17H2,1H3. The van der Waals surface area contributed by atoms with Crippen LogP contribution in [0.3, 0.4) is 0 Å². The van der Waals surface area contributed by atoms with Crippen LogP contribution in [0.4, 0.5) is 0 Å². The second kappa shape index (κ2) is 8.34. The summed E-state index contributed by atoms with van der Waals surface area (Å²) < 4.78 is 11.1. The van der Waals surface area contributed by atoms with Crippen molar-refractivity contribution in [2.24, 2.45) is 0 Å². The average molecular weight is 375 g/mol. The maximum atomic E-state index is 12.6. The van der Waals surface area contributed by atoms with Gasteiger partial charge >= 0.3 is 0 Å². The van der Waals surface area contributed by atoms with Crippen molar-refractivity contribution in [3.05, 3.63) is 78.1 Å². The van der Waals surface area contributed by atoms with Crippen molar-refractivity contribution in [1.82, 2.24) is 4.90 Å². The summed E-state index contributed by atoms with van der Waals surface area (Å²) in [5.41, 5.74) is 2.33. The van der Waals surface area contributed by atoms with E-state index in [0.29, 0.717) is 18.8 Å². The van der Waals surface area contributed by atoms with Gasteiger partial charge in [-0.2, -0.15) is 0 Å². The van der Waals surface area contributed by atoms with Crippen LogP contribution in [0.15, 0.2) is 71.1 Å². The van der Waals surface area contributed by atoms with Crippen LogP contribution in [0, 0.1) is 0 Å². The lowest BCUT2D eigenvalue weighted by Crippen LogP contribution is -2.28. The highest BCUT2D eigenvalue weighted by Gasteiger charge is 2.27. The van der Waals surface area contributed by atoms with E-state index in [-0.39, 0.29) is 5.91 Å². The molecule has 1 aliphatic heterocycles. The van der Waals surface area contributed by atoms with Crippen LogP contribution >= 0.6 is 0 Å². The third kappa shape index (κ3) is 4.11. The molecule has 0 bridgehead atoms. The van der Waals surface area contributed by atoms with Gasteiger partial charge in [0.2, 0.25) is 5.91 Å². The minimum absolute atomic E-state index is 0.202. The fourth-order valence-corrected chi connectivity index (χ4v) is 3.79. The topological polar surface area (TPSA) is 42.7 Å². The van der Waals surface area contributed by atoms with Gasteiger partial charge in [-0.3, -0.25) is 4.79 Å². The molecule has 1 aliphatic rings. The first-order chi connectivity index (χ1) is 13.7. The largest absolute Gasteiger partial charge is 0.497 e. The molecule has 0 aliphatic carbocycles. The van der Waals surface area contributed by atoms with Gasteiger partial charge in [0.05, 0.1) is 7.11 Å². The Labute approximate surface area is 165 Å². The average Bonchev–Trinajstić information content (AvgIpc) is 3.43. The van der Waals surface area contributed by atoms with Crippen LogP contribution in [0.5, 0.6) is 5.75 Å². The van der Waals surface area contributed by atoms with E-state index in [1.54, 1.807) is 7.11 Å². The van der Waals surface area contributed by atoms with Crippen LogP contribution in [-0.4, -0.2) is 31.0 Å². The van der Waals surface area contributed by atoms with Gasteiger partial charge in [0.25, 0.3) is 0 Å². The summed E-state index contributed by atoms with van der Waals surface area (Å²) in [6.07, 6.45) is 2.13. The van der Waals surface area contributed by atoms with Crippen molar-refractivity contribution in [3.63, 3.8) is 0 Å². The normalized spacial score (nSPS) is 16.3. The van der Waals surface area contributed by atoms with Gasteiger partial charge in [-0.25, -0.2) is 0 Å². The molecule has 4 heteroatoms. The third-order valence-electron chi connectivity index (χ3n) is 5.43. The molecule has 1 unspecified atom stereocenters. The van der Waals surface area contributed by atoms with Crippen molar-refractivity contribution in [2.75, 3.05) is 20.2 Å². The molecular formula is C24H25NO3. The van der Waals surface area contributed by atoms with Gasteiger partial charge in [-0.05, 0) is 36.2 Å². The van der Waals surface area contributed by atoms with Crippen molar-refractivity contribution in [3.8, 4) is 17.1 Å². The van der Waals surface area contributed by atoms with Crippen molar-refractivity contribution in [1.29, 1.82) is 0 Å². The molecule has 4 nitrogen and oxygen atoms in total. The first kappa shape index (κ1) is 18.4. The van der Waals surface area contributed by atoms with E-state index in [9.17, 15) is 4.79 Å². The number of ether oxygens (including phenoxy) is 1. The SMILES string of the molecule is COc1ccc(C2CCN(C(=O)CCc3ccc(-c4ccccc4)o3)C2)cc1. The molecular weight excluding hydrogens is 350 g/mol. The molecule has 4 rings (SSSR count). The molecule has 1 aromatic heterocycles. The molecule has 0 radical (unpaired) electrons. The molecule has 1 atom stereocenters. The lowest BCUT2D eigenvalue weighted by atomic mass is 9.98. The minimum atomic E-state index is 0.202. The quantitative estimate of drug-likeness (QED) is 0.615. The molecule has 1 amide bonds. The number of furan rings is 1. The molecule has 28 heavy (non-hydrogen) atoms. The number of carbonyl (C=O) groups is 1. The highest BCUT2D eigenvalue weighted by Crippen LogP contribution is 2.29. The van der Waals surface area contributed by atoms with Crippen molar-refractivity contribution < 1.29 is 13.9 Å². The zero-order valence-electron chi connectivity index (χ0n) is 16.1. The maximum absolute atomic E-state index is 12.6. The number of carbonyl (C=O) groups excluding carboxylic acids is 1. The number of aryl methyl sites for hydroxylation is 1. The molecule has 1 fully saturated rings. The molecule has 0 saturated carbocycles. The predicted molar refractivity (Wildman–Crippen MR) is 109 cm³/mol. The zero-order valence-corrected chi connectivity index (χ0v) is 16.1. The van der Waals surface area contributed by atoms with Gasteiger partial charge in [-0.15, -0.1) is 0 Å². The number of benzene rings is 2. The molecule has 2 heterocycles. The fourth-order valence-electron chi connectivity index (χ4n) is 3.79. The van der Waals surface area contributed by atoms with Crippen LogP contribution in [0.2, 0.25) is 0 Å². The number of amides is 1. The molecule has 3 aromatic rings. The van der Waals surface area contributed by atoms with Crippen molar-refractivity contribution >= 4 is 5.91 Å². The number of hydrogen-bond donors (Lipinski definition) is 0. The first-order valence-corrected chi connectivity index (χ1v) is 9.79. The summed E-state index contributed by atoms with van der Waals surface area (Å²) in [4.78, 5) is 14.6. The Balaban J connectivity index is 1.30. The Morgan fingerprint density at radius 3 is 2.61 bits per heavy atom. The van der Waals surface area contributed by atoms with Crippen LogP contribution in [-0.2, 0) is 11.2 Å². The molecule has 0 N–H and O–H groups in total. The van der Waals surface area contributed by atoms with Crippen LogP contribution in [0.25, 0.3) is 11.3 Å². The van der Waals surface area contributed by atoms with E-state index in [0.717, 1.165) is 42.3 Å². The summed E-state index contributed by atoms with van der Waals surface area (Å²) in [7, 11) is 1.67. The van der Waals surface area contributed by atoms with Crippen LogP contribution in [0.1, 0.15) is 30.1 Å². The summed E-state index contributed by atoms with van der Waals surface area (Å²) in [5.74, 6) is 3.18. The van der Waals surface area contributed by atoms with Gasteiger partial charge < -0.3 is 14.1 Å². The zero-order chi connectivity index (χ0) is 19.3. The molecule has 144 valence electrons. The second-order valence-electron chi connectivity index (χ2n) is 7.23. The molecule has 0 spiro atoms. The summed E-state index contributed by atoms with van der Waals surface area (Å²) >= 11 is 0. The fraction of sp³-hybridized carbons (Fsp3) is 0.292. The maximum Gasteiger partial charge on any atom is 0.223 e. The Hall–Kier alpha value is -3.01. The van der Waals surface area contributed by atoms with Gasteiger partial charge in [0.1, 0.15) is 17.3 Å². The minimum Gasteiger partial charge on any atom is -0.497 e. The van der Waals surface area contributed by atoms with E-state index >= 15 is 0 Å². The number of rotatable bonds is 6. The summed E-state index contributed by atoms with van der Waals surface area (Å²) in [6.45, 7) is 1.61. The number of likely N-dealkylation sites (tertiary alicyclic amines) is 1. The Morgan fingerprint density at radius 1 is 1.07 bits per heavy atom. The lowest BCUT2D eigenvalue weighted by molar-refractivity contribution is -0.130. The second-order valence-corrected chi connectivity index (χ2v) is 7.23. The highest BCUT2D eigenvalue weighted by atomic mass is 16.5. The van der Waals surface area contributed by atoms with Gasteiger partial charge in [0, 0.05) is 37.4 Å². The third-order valence-corrected chi connectivity index (χ3v) is 5.43. The summed E-state index contributed by atoms with van der Waals surface area (Å²) in [5, 5.41) is 0. The van der Waals surface area contributed by atoms with Crippen LogP contribution < -0.4 is 4.74 Å². The number of hydrogen-bond acceptors (Lipinski definition) is 3. The van der Waals surface area contributed by atoms with Crippen molar-refractivity contribution in [2.45, 2.75) is 25.2 Å². The van der Waals surface area contributed by atoms with E-state index in [2.05, 4.69) is 12.1 Å². The van der Waals surface area contributed by atoms with E-state index < -0.39 is 0 Å². The number of methoxy groups -OCH3 is 1. The molecule has 1 saturated heterocycles. The lowest BCUT2D eigenvalue weighted by Gasteiger charge is -2.16. The first-order valence-electron chi connectivity index (χ1n) is 9.79.